The van der Waals surface area contributed by atoms with E-state index < -0.39 is 10.8 Å². The molecule has 0 aliphatic rings. The topological polar surface area (TPSA) is 17.1 Å². The van der Waals surface area contributed by atoms with E-state index in [1.807, 2.05) is 0 Å². The summed E-state index contributed by atoms with van der Waals surface area (Å²) in [5.41, 5.74) is 0. The molecule has 0 aliphatic heterocycles. The first-order valence-electron chi connectivity index (χ1n) is 12.2. The average Bonchev–Trinajstić information content (AvgIpc) is 2.64. The van der Waals surface area contributed by atoms with E-state index in [1.54, 1.807) is 0 Å². The van der Waals surface area contributed by atoms with Crippen LogP contribution in [-0.2, 0) is 10.8 Å². The van der Waals surface area contributed by atoms with Crippen LogP contribution in [0.5, 0.6) is 0 Å². The van der Waals surface area contributed by atoms with Crippen molar-refractivity contribution in [3.63, 3.8) is 0 Å². The molecular weight excluding hydrogens is 359 g/mol. The molecule has 1 nitrogen and oxygen atoms in total. The molecule has 0 unspecified atom stereocenters. The molecule has 0 spiro atoms. The summed E-state index contributed by atoms with van der Waals surface area (Å²) in [6.45, 7) is 4.56. The Bertz CT molecular complexity index is 264. The second kappa shape index (κ2) is 27.1. The summed E-state index contributed by atoms with van der Waals surface area (Å²) in [6, 6.07) is 0. The quantitative estimate of drug-likeness (QED) is 0.165. The fourth-order valence-corrected chi connectivity index (χ4v) is 4.86. The molecule has 0 amide bonds. The van der Waals surface area contributed by atoms with Crippen molar-refractivity contribution in [1.82, 2.24) is 0 Å². The van der Waals surface area contributed by atoms with E-state index >= 15 is 0 Å². The van der Waals surface area contributed by atoms with Crippen molar-refractivity contribution < 1.29 is 35.2 Å². The number of unbranched alkanes of at least 4 members (excludes halogenated alkanes) is 18. The second-order valence-corrected chi connectivity index (χ2v) is 9.91. The van der Waals surface area contributed by atoms with Crippen molar-refractivity contribution >= 4 is 10.8 Å². The third-order valence-electron chi connectivity index (χ3n) is 5.45. The summed E-state index contributed by atoms with van der Waals surface area (Å²) in [5.74, 6) is 1.90. The van der Waals surface area contributed by atoms with Crippen molar-refractivity contribution in [3.8, 4) is 0 Å². The standard InChI is InChI=1S/C24H50OS.Na.H/c1-3-5-7-9-11-13-15-17-19-21-23-26(25)24-22-20-18-16-14-12-10-8-6-4-2;;/h3-24H2,1-2H3;;/q;+1;-1. The Kier molecular flexibility index (Phi) is 30.5. The van der Waals surface area contributed by atoms with E-state index in [0.717, 1.165) is 11.5 Å². The predicted octanol–water partition coefficient (Wildman–Crippen LogP) is 5.69. The Morgan fingerprint density at radius 1 is 0.444 bits per heavy atom. The molecule has 160 valence electrons. The van der Waals surface area contributed by atoms with Crippen LogP contribution in [-0.4, -0.2) is 15.7 Å². The van der Waals surface area contributed by atoms with Crippen LogP contribution < -0.4 is 29.6 Å². The van der Waals surface area contributed by atoms with Gasteiger partial charge in [-0.3, -0.25) is 4.21 Å². The Morgan fingerprint density at radius 2 is 0.667 bits per heavy atom. The van der Waals surface area contributed by atoms with Crippen molar-refractivity contribution in [2.75, 3.05) is 11.5 Å². The summed E-state index contributed by atoms with van der Waals surface area (Å²) in [5, 5.41) is 0. The van der Waals surface area contributed by atoms with E-state index in [-0.39, 0.29) is 31.0 Å². The molecule has 0 radical (unpaired) electrons. The second-order valence-electron chi connectivity index (χ2n) is 8.21. The van der Waals surface area contributed by atoms with Crippen LogP contribution in [0, 0.1) is 0 Å². The molecule has 0 aliphatic carbocycles. The minimum atomic E-state index is -0.545. The van der Waals surface area contributed by atoms with Gasteiger partial charge in [-0.05, 0) is 12.8 Å². The Hall–Kier alpha value is 1.15. The average molecular weight is 411 g/mol. The van der Waals surface area contributed by atoms with Gasteiger partial charge in [-0.15, -0.1) is 0 Å². The van der Waals surface area contributed by atoms with Gasteiger partial charge in [0.2, 0.25) is 0 Å². The monoisotopic (exact) mass is 410 g/mol. The van der Waals surface area contributed by atoms with Gasteiger partial charge in [0.1, 0.15) is 0 Å². The van der Waals surface area contributed by atoms with E-state index in [4.69, 9.17) is 0 Å². The van der Waals surface area contributed by atoms with E-state index in [0.29, 0.717) is 0 Å². The van der Waals surface area contributed by atoms with Gasteiger partial charge in [-0.25, -0.2) is 0 Å². The van der Waals surface area contributed by atoms with Crippen LogP contribution in [0.3, 0.4) is 0 Å². The zero-order chi connectivity index (χ0) is 19.1. The Labute approximate surface area is 198 Å². The number of rotatable bonds is 22. The first kappa shape index (κ1) is 30.3. The summed E-state index contributed by atoms with van der Waals surface area (Å²) in [7, 11) is -0.545. The van der Waals surface area contributed by atoms with Crippen LogP contribution in [0.1, 0.15) is 144 Å². The maximum atomic E-state index is 12.0. The van der Waals surface area contributed by atoms with Crippen LogP contribution in [0.15, 0.2) is 0 Å². The Balaban J connectivity index is -0.00000312. The van der Waals surface area contributed by atoms with Crippen LogP contribution in [0.25, 0.3) is 0 Å². The molecule has 0 saturated heterocycles. The molecule has 0 fully saturated rings. The summed E-state index contributed by atoms with van der Waals surface area (Å²) in [4.78, 5) is 0. The van der Waals surface area contributed by atoms with E-state index in [2.05, 4.69) is 13.8 Å². The smallest absolute Gasteiger partial charge is 1.00 e. The minimum absolute atomic E-state index is 0. The normalized spacial score (nSPS) is 11.1. The van der Waals surface area contributed by atoms with E-state index in [9.17, 15) is 4.21 Å². The van der Waals surface area contributed by atoms with Crippen LogP contribution in [0.2, 0.25) is 0 Å². The van der Waals surface area contributed by atoms with Gasteiger partial charge < -0.3 is 1.43 Å². The molecule has 0 rings (SSSR count). The van der Waals surface area contributed by atoms with Gasteiger partial charge in [0.25, 0.3) is 0 Å². The zero-order valence-electron chi connectivity index (χ0n) is 20.4. The summed E-state index contributed by atoms with van der Waals surface area (Å²) in [6.07, 6.45) is 27.3. The predicted molar refractivity (Wildman–Crippen MR) is 123 cm³/mol. The molecule has 0 heterocycles. The molecule has 3 heteroatoms. The maximum absolute atomic E-state index is 12.0. The van der Waals surface area contributed by atoms with Crippen molar-refractivity contribution in [2.24, 2.45) is 0 Å². The first-order valence-corrected chi connectivity index (χ1v) is 13.6. The van der Waals surface area contributed by atoms with Gasteiger partial charge in [0, 0.05) is 22.3 Å². The summed E-state index contributed by atoms with van der Waals surface area (Å²) >= 11 is 0. The van der Waals surface area contributed by atoms with Gasteiger partial charge in [0.05, 0.1) is 0 Å². The fourth-order valence-electron chi connectivity index (χ4n) is 3.60. The maximum Gasteiger partial charge on any atom is 1.00 e. The molecule has 27 heavy (non-hydrogen) atoms. The number of hydrogen-bond donors (Lipinski definition) is 0. The summed E-state index contributed by atoms with van der Waals surface area (Å²) < 4.78 is 12.0. The van der Waals surface area contributed by atoms with Gasteiger partial charge in [-0.2, -0.15) is 0 Å². The molecule has 0 aromatic carbocycles. The van der Waals surface area contributed by atoms with Gasteiger partial charge in [0.15, 0.2) is 0 Å². The van der Waals surface area contributed by atoms with Gasteiger partial charge in [-0.1, -0.05) is 129 Å². The molecular formula is C24H51NaOS. The zero-order valence-corrected chi connectivity index (χ0v) is 22.2. The van der Waals surface area contributed by atoms with Gasteiger partial charge >= 0.3 is 29.6 Å². The van der Waals surface area contributed by atoms with Crippen LogP contribution >= 0.6 is 0 Å². The first-order chi connectivity index (χ1) is 12.8. The molecule has 0 saturated carbocycles. The molecule has 0 bridgehead atoms. The third-order valence-corrected chi connectivity index (χ3v) is 6.94. The van der Waals surface area contributed by atoms with Crippen molar-refractivity contribution in [3.05, 3.63) is 0 Å². The SMILES string of the molecule is CCCCCCCCCCCCS(=O)CCCCCCCCCCCC.[H-].[Na+]. The molecule has 0 N–H and O–H groups in total. The molecule has 0 aromatic rings. The van der Waals surface area contributed by atoms with Crippen molar-refractivity contribution in [1.29, 1.82) is 0 Å². The molecule has 0 atom stereocenters. The van der Waals surface area contributed by atoms with Crippen molar-refractivity contribution in [2.45, 2.75) is 142 Å². The van der Waals surface area contributed by atoms with Crippen LogP contribution in [0.4, 0.5) is 0 Å². The minimum Gasteiger partial charge on any atom is -1.00 e. The fraction of sp³-hybridized carbons (Fsp3) is 1.00. The Morgan fingerprint density at radius 3 is 0.926 bits per heavy atom. The largest absolute Gasteiger partial charge is 1.00 e. The van der Waals surface area contributed by atoms with E-state index in [1.165, 1.54) is 128 Å². The third kappa shape index (κ3) is 27.1. The molecule has 0 aromatic heterocycles. The number of hydrogen-bond acceptors (Lipinski definition) is 1.